The Labute approximate surface area is 145 Å². The van der Waals surface area contributed by atoms with Crippen molar-refractivity contribution in [2.45, 2.75) is 52.0 Å². The maximum Gasteiger partial charge on any atom is 0.0991 e. The van der Waals surface area contributed by atoms with Gasteiger partial charge in [-0.15, -0.1) is 0 Å². The van der Waals surface area contributed by atoms with Gasteiger partial charge in [0, 0.05) is 18.3 Å². The van der Waals surface area contributed by atoms with Crippen LogP contribution in [-0.4, -0.2) is 12.6 Å². The SMILES string of the molecule is CC1(C)C[C@H]2CCCC[C@@H]2N(c2ccc3cc(C#N)ccc3c2)C1. The van der Waals surface area contributed by atoms with Crippen molar-refractivity contribution in [1.29, 1.82) is 5.26 Å². The molecule has 2 aliphatic rings. The second-order valence-corrected chi connectivity index (χ2v) is 8.47. The number of hydrogen-bond acceptors (Lipinski definition) is 2. The molecular formula is C22H26N2. The molecule has 0 unspecified atom stereocenters. The van der Waals surface area contributed by atoms with Gasteiger partial charge in [-0.25, -0.2) is 0 Å². The summed E-state index contributed by atoms with van der Waals surface area (Å²) in [6.07, 6.45) is 6.88. The predicted octanol–water partition coefficient (Wildman–Crippen LogP) is 5.51. The third-order valence-electron chi connectivity index (χ3n) is 5.97. The molecule has 1 saturated heterocycles. The number of anilines is 1. The molecule has 4 rings (SSSR count). The van der Waals surface area contributed by atoms with Gasteiger partial charge in [-0.2, -0.15) is 5.26 Å². The predicted molar refractivity (Wildman–Crippen MR) is 100 cm³/mol. The van der Waals surface area contributed by atoms with Gasteiger partial charge >= 0.3 is 0 Å². The lowest BCUT2D eigenvalue weighted by Gasteiger charge is -2.51. The monoisotopic (exact) mass is 318 g/mol. The lowest BCUT2D eigenvalue weighted by atomic mass is 9.69. The lowest BCUT2D eigenvalue weighted by molar-refractivity contribution is 0.145. The normalized spacial score (nSPS) is 26.0. The molecule has 0 radical (unpaired) electrons. The van der Waals surface area contributed by atoms with Gasteiger partial charge in [0.2, 0.25) is 0 Å². The molecule has 0 spiro atoms. The van der Waals surface area contributed by atoms with Gasteiger partial charge < -0.3 is 4.90 Å². The largest absolute Gasteiger partial charge is 0.368 e. The van der Waals surface area contributed by atoms with Crippen LogP contribution in [-0.2, 0) is 0 Å². The number of benzene rings is 2. The van der Waals surface area contributed by atoms with E-state index in [1.54, 1.807) is 0 Å². The summed E-state index contributed by atoms with van der Waals surface area (Å²) in [6.45, 7) is 5.99. The molecule has 2 heteroatoms. The molecule has 1 aliphatic heterocycles. The van der Waals surface area contributed by atoms with Crippen LogP contribution in [0.3, 0.4) is 0 Å². The highest BCUT2D eigenvalue weighted by Gasteiger charge is 2.40. The summed E-state index contributed by atoms with van der Waals surface area (Å²) in [7, 11) is 0. The molecule has 0 amide bonds. The van der Waals surface area contributed by atoms with Crippen LogP contribution in [0.4, 0.5) is 5.69 Å². The average molecular weight is 318 g/mol. The van der Waals surface area contributed by atoms with E-state index < -0.39 is 0 Å². The van der Waals surface area contributed by atoms with Crippen LogP contribution in [0.15, 0.2) is 36.4 Å². The summed E-state index contributed by atoms with van der Waals surface area (Å²) >= 11 is 0. The quantitative estimate of drug-likeness (QED) is 0.693. The minimum absolute atomic E-state index is 0.387. The van der Waals surface area contributed by atoms with Crippen molar-refractivity contribution in [2.24, 2.45) is 11.3 Å². The molecule has 0 N–H and O–H groups in total. The molecule has 2 atom stereocenters. The first-order chi connectivity index (χ1) is 11.6. The zero-order valence-electron chi connectivity index (χ0n) is 14.8. The number of nitriles is 1. The van der Waals surface area contributed by atoms with E-state index in [0.29, 0.717) is 11.5 Å². The minimum atomic E-state index is 0.387. The smallest absolute Gasteiger partial charge is 0.0991 e. The fourth-order valence-electron chi connectivity index (χ4n) is 4.95. The van der Waals surface area contributed by atoms with E-state index in [-0.39, 0.29) is 0 Å². The average Bonchev–Trinajstić information content (AvgIpc) is 2.59. The van der Waals surface area contributed by atoms with Crippen molar-refractivity contribution < 1.29 is 0 Å². The van der Waals surface area contributed by atoms with Crippen LogP contribution in [0.5, 0.6) is 0 Å². The first-order valence-corrected chi connectivity index (χ1v) is 9.26. The maximum atomic E-state index is 9.08. The van der Waals surface area contributed by atoms with Gasteiger partial charge in [0.15, 0.2) is 0 Å². The van der Waals surface area contributed by atoms with E-state index in [1.165, 1.54) is 43.2 Å². The summed E-state index contributed by atoms with van der Waals surface area (Å²) in [4.78, 5) is 2.69. The zero-order valence-corrected chi connectivity index (χ0v) is 14.8. The van der Waals surface area contributed by atoms with Crippen molar-refractivity contribution in [3.8, 4) is 6.07 Å². The van der Waals surface area contributed by atoms with E-state index in [4.69, 9.17) is 5.26 Å². The molecule has 2 aromatic carbocycles. The summed E-state index contributed by atoms with van der Waals surface area (Å²) in [5, 5.41) is 11.5. The highest BCUT2D eigenvalue weighted by molar-refractivity contribution is 5.87. The molecule has 1 heterocycles. The molecule has 124 valence electrons. The molecule has 2 fully saturated rings. The van der Waals surface area contributed by atoms with Gasteiger partial charge in [-0.3, -0.25) is 0 Å². The van der Waals surface area contributed by atoms with Gasteiger partial charge in [-0.1, -0.05) is 38.8 Å². The van der Waals surface area contributed by atoms with Gasteiger partial charge in [0.1, 0.15) is 0 Å². The topological polar surface area (TPSA) is 27.0 Å². The number of rotatable bonds is 1. The number of hydrogen-bond donors (Lipinski definition) is 0. The highest BCUT2D eigenvalue weighted by Crippen LogP contribution is 2.44. The Morgan fingerprint density at radius 3 is 2.62 bits per heavy atom. The highest BCUT2D eigenvalue weighted by atomic mass is 15.2. The first kappa shape index (κ1) is 15.5. The van der Waals surface area contributed by atoms with Crippen molar-refractivity contribution in [2.75, 3.05) is 11.4 Å². The van der Waals surface area contributed by atoms with Crippen LogP contribution in [0.2, 0.25) is 0 Å². The molecule has 24 heavy (non-hydrogen) atoms. The zero-order chi connectivity index (χ0) is 16.7. The molecule has 2 aromatic rings. The summed E-state index contributed by atoms with van der Waals surface area (Å²) < 4.78 is 0. The maximum absolute atomic E-state index is 9.08. The number of piperidine rings is 1. The third-order valence-corrected chi connectivity index (χ3v) is 5.97. The Balaban J connectivity index is 1.72. The fourth-order valence-corrected chi connectivity index (χ4v) is 4.95. The molecular weight excluding hydrogens is 292 g/mol. The van der Waals surface area contributed by atoms with Gasteiger partial charge in [-0.05, 0) is 65.6 Å². The van der Waals surface area contributed by atoms with E-state index in [1.807, 2.05) is 12.1 Å². The van der Waals surface area contributed by atoms with E-state index in [2.05, 4.69) is 49.1 Å². The summed E-state index contributed by atoms with van der Waals surface area (Å²) in [6, 6.07) is 15.7. The second kappa shape index (κ2) is 5.81. The van der Waals surface area contributed by atoms with Crippen molar-refractivity contribution in [3.63, 3.8) is 0 Å². The molecule has 1 aliphatic carbocycles. The van der Waals surface area contributed by atoms with E-state index in [9.17, 15) is 0 Å². The molecule has 1 saturated carbocycles. The molecule has 0 aromatic heterocycles. The lowest BCUT2D eigenvalue weighted by Crippen LogP contribution is -2.53. The Hall–Kier alpha value is -2.01. The Kier molecular flexibility index (Phi) is 3.76. The van der Waals surface area contributed by atoms with Crippen LogP contribution >= 0.6 is 0 Å². The van der Waals surface area contributed by atoms with Crippen LogP contribution in [0, 0.1) is 22.7 Å². The molecule has 0 bridgehead atoms. The van der Waals surface area contributed by atoms with Crippen molar-refractivity contribution in [1.82, 2.24) is 0 Å². The van der Waals surface area contributed by atoms with E-state index >= 15 is 0 Å². The summed E-state index contributed by atoms with van der Waals surface area (Å²) in [5.41, 5.74) is 2.48. The standard InChI is InChI=1S/C22H26N2/c1-22(2)13-19-5-3-4-6-21(19)24(15-22)20-10-9-17-11-16(14-23)7-8-18(17)12-20/h7-12,19,21H,3-6,13,15H2,1-2H3/t19-,21+/m1/s1. The minimum Gasteiger partial charge on any atom is -0.368 e. The fraction of sp³-hybridized carbons (Fsp3) is 0.500. The Morgan fingerprint density at radius 2 is 1.79 bits per heavy atom. The van der Waals surface area contributed by atoms with Crippen molar-refractivity contribution >= 4 is 16.5 Å². The van der Waals surface area contributed by atoms with E-state index in [0.717, 1.165) is 23.4 Å². The first-order valence-electron chi connectivity index (χ1n) is 9.26. The number of nitrogens with zero attached hydrogens (tertiary/aromatic N) is 2. The van der Waals surface area contributed by atoms with Crippen LogP contribution in [0.25, 0.3) is 10.8 Å². The Bertz CT molecular complexity index is 799. The van der Waals surface area contributed by atoms with Gasteiger partial charge in [0.25, 0.3) is 0 Å². The number of fused-ring (bicyclic) bond motifs is 2. The van der Waals surface area contributed by atoms with Crippen molar-refractivity contribution in [3.05, 3.63) is 42.0 Å². The summed E-state index contributed by atoms with van der Waals surface area (Å²) in [5.74, 6) is 0.846. The van der Waals surface area contributed by atoms with Gasteiger partial charge in [0.05, 0.1) is 11.6 Å². The Morgan fingerprint density at radius 1 is 1.04 bits per heavy atom. The molecule has 2 nitrogen and oxygen atoms in total. The van der Waals surface area contributed by atoms with Crippen LogP contribution in [0.1, 0.15) is 51.5 Å². The third kappa shape index (κ3) is 2.77. The van der Waals surface area contributed by atoms with Crippen LogP contribution < -0.4 is 4.90 Å². The second-order valence-electron chi connectivity index (χ2n) is 8.47.